The van der Waals surface area contributed by atoms with E-state index in [1.54, 1.807) is 24.3 Å². The summed E-state index contributed by atoms with van der Waals surface area (Å²) in [5.74, 6) is -0.918. The van der Waals surface area contributed by atoms with Crippen LogP contribution in [0.15, 0.2) is 41.3 Å². The van der Waals surface area contributed by atoms with Crippen molar-refractivity contribution < 1.29 is 23.1 Å². The zero-order valence-corrected chi connectivity index (χ0v) is 14.8. The van der Waals surface area contributed by atoms with Crippen LogP contribution in [0.2, 0.25) is 0 Å². The number of ketones is 1. The number of hydrogen-bond acceptors (Lipinski definition) is 6. The van der Waals surface area contributed by atoms with Crippen molar-refractivity contribution in [3.63, 3.8) is 0 Å². The van der Waals surface area contributed by atoms with Crippen molar-refractivity contribution in [1.29, 1.82) is 0 Å². The molecule has 0 aliphatic rings. The molecule has 0 aliphatic heterocycles. The number of nitrogens with one attached hydrogen (secondary N) is 1. The van der Waals surface area contributed by atoms with Crippen LogP contribution >= 0.6 is 0 Å². The molecule has 0 atom stereocenters. The van der Waals surface area contributed by atoms with Crippen LogP contribution in [0.5, 0.6) is 11.5 Å². The van der Waals surface area contributed by atoms with Crippen molar-refractivity contribution in [2.45, 2.75) is 11.8 Å². The molecule has 0 aliphatic carbocycles. The second kappa shape index (κ2) is 7.64. The molecule has 2 aromatic rings. The number of aromatic hydroxyl groups is 1. The summed E-state index contributed by atoms with van der Waals surface area (Å²) in [6.45, 7) is 2.04. The lowest BCUT2D eigenvalue weighted by molar-refractivity contribution is 0.103. The molecule has 0 saturated carbocycles. The smallest absolute Gasteiger partial charge is 0.244 e. The largest absolute Gasteiger partial charge is 0.507 e. The fourth-order valence-electron chi connectivity index (χ4n) is 2.23. The molecule has 0 saturated heterocycles. The molecule has 4 N–H and O–H groups in total. The molecule has 0 unspecified atom stereocenters. The van der Waals surface area contributed by atoms with Gasteiger partial charge in [-0.1, -0.05) is 29.8 Å². The predicted octanol–water partition coefficient (Wildman–Crippen LogP) is 1.18. The van der Waals surface area contributed by atoms with Gasteiger partial charge in [-0.25, -0.2) is 13.1 Å². The third kappa shape index (κ3) is 4.16. The van der Waals surface area contributed by atoms with E-state index in [0.29, 0.717) is 5.56 Å². The van der Waals surface area contributed by atoms with Crippen LogP contribution in [0.1, 0.15) is 21.5 Å². The van der Waals surface area contributed by atoms with E-state index in [-0.39, 0.29) is 35.0 Å². The summed E-state index contributed by atoms with van der Waals surface area (Å²) in [4.78, 5) is 12.4. The van der Waals surface area contributed by atoms with Crippen molar-refractivity contribution in [3.05, 3.63) is 53.1 Å². The molecular formula is C17H20N2O5S. The van der Waals surface area contributed by atoms with Crippen LogP contribution in [0.3, 0.4) is 0 Å². The van der Waals surface area contributed by atoms with Crippen molar-refractivity contribution in [2.75, 3.05) is 20.2 Å². The summed E-state index contributed by atoms with van der Waals surface area (Å²) in [5, 5.41) is 10.1. The molecule has 0 spiro atoms. The highest BCUT2D eigenvalue weighted by atomic mass is 32.2. The van der Waals surface area contributed by atoms with E-state index in [1.165, 1.54) is 7.11 Å². The maximum absolute atomic E-state index is 12.6. The SMILES string of the molecule is COc1cc(O)c(C(=O)c2ccc(C)cc2)cc1S(=O)(=O)NCCN. The van der Waals surface area contributed by atoms with Gasteiger partial charge in [-0.3, -0.25) is 4.79 Å². The quantitative estimate of drug-likeness (QED) is 0.635. The molecule has 0 radical (unpaired) electrons. The summed E-state index contributed by atoms with van der Waals surface area (Å²) >= 11 is 0. The lowest BCUT2D eigenvalue weighted by atomic mass is 10.0. The van der Waals surface area contributed by atoms with E-state index in [2.05, 4.69) is 4.72 Å². The van der Waals surface area contributed by atoms with Crippen molar-refractivity contribution >= 4 is 15.8 Å². The van der Waals surface area contributed by atoms with Crippen molar-refractivity contribution in [3.8, 4) is 11.5 Å². The maximum Gasteiger partial charge on any atom is 0.244 e. The fourth-order valence-corrected chi connectivity index (χ4v) is 3.45. The topological polar surface area (TPSA) is 119 Å². The van der Waals surface area contributed by atoms with Gasteiger partial charge in [-0.2, -0.15) is 0 Å². The maximum atomic E-state index is 12.6. The highest BCUT2D eigenvalue weighted by molar-refractivity contribution is 7.89. The Morgan fingerprint density at radius 1 is 1.24 bits per heavy atom. The normalized spacial score (nSPS) is 11.3. The Balaban J connectivity index is 2.54. The Morgan fingerprint density at radius 3 is 2.44 bits per heavy atom. The van der Waals surface area contributed by atoms with Gasteiger partial charge in [-0.15, -0.1) is 0 Å². The molecule has 0 aromatic heterocycles. The minimum Gasteiger partial charge on any atom is -0.507 e. The van der Waals surface area contributed by atoms with Crippen LogP contribution < -0.4 is 15.2 Å². The summed E-state index contributed by atoms with van der Waals surface area (Å²) in [7, 11) is -2.67. The molecule has 0 heterocycles. The number of phenolic OH excluding ortho intramolecular Hbond substituents is 1. The van der Waals surface area contributed by atoms with Gasteiger partial charge < -0.3 is 15.6 Å². The van der Waals surface area contributed by atoms with Crippen molar-refractivity contribution in [2.24, 2.45) is 5.73 Å². The summed E-state index contributed by atoms with van der Waals surface area (Å²) in [5.41, 5.74) is 6.51. The lowest BCUT2D eigenvalue weighted by Gasteiger charge is -2.13. The number of rotatable bonds is 7. The number of phenols is 1. The highest BCUT2D eigenvalue weighted by Gasteiger charge is 2.24. The zero-order valence-electron chi connectivity index (χ0n) is 13.9. The van der Waals surface area contributed by atoms with Gasteiger partial charge in [0.2, 0.25) is 10.0 Å². The van der Waals surface area contributed by atoms with Gasteiger partial charge in [-0.05, 0) is 13.0 Å². The molecule has 2 aromatic carbocycles. The number of benzene rings is 2. The molecule has 0 amide bonds. The summed E-state index contributed by atoms with van der Waals surface area (Å²) in [6.07, 6.45) is 0. The molecule has 0 bridgehead atoms. The number of aryl methyl sites for hydroxylation is 1. The lowest BCUT2D eigenvalue weighted by Crippen LogP contribution is -2.29. The van der Waals surface area contributed by atoms with Gasteiger partial charge in [0.25, 0.3) is 0 Å². The van der Waals surface area contributed by atoms with Gasteiger partial charge in [0.15, 0.2) is 5.78 Å². The zero-order chi connectivity index (χ0) is 18.6. The van der Waals surface area contributed by atoms with Crippen LogP contribution in [-0.2, 0) is 10.0 Å². The monoisotopic (exact) mass is 364 g/mol. The third-order valence-electron chi connectivity index (χ3n) is 3.57. The number of ether oxygens (including phenoxy) is 1. The van der Waals surface area contributed by atoms with Gasteiger partial charge in [0, 0.05) is 24.7 Å². The Kier molecular flexibility index (Phi) is 5.78. The predicted molar refractivity (Wildman–Crippen MR) is 93.5 cm³/mol. The molecule has 134 valence electrons. The Labute approximate surface area is 146 Å². The Bertz CT molecular complexity index is 877. The first-order chi connectivity index (χ1) is 11.8. The number of carbonyl (C=O) groups excluding carboxylic acids is 1. The first-order valence-corrected chi connectivity index (χ1v) is 9.00. The van der Waals surface area contributed by atoms with E-state index in [4.69, 9.17) is 10.5 Å². The number of hydrogen-bond donors (Lipinski definition) is 3. The molecular weight excluding hydrogens is 344 g/mol. The summed E-state index contributed by atoms with van der Waals surface area (Å²) in [6, 6.07) is 8.96. The Morgan fingerprint density at radius 2 is 1.88 bits per heavy atom. The fraction of sp³-hybridized carbons (Fsp3) is 0.235. The van der Waals surface area contributed by atoms with Crippen LogP contribution in [0, 0.1) is 6.92 Å². The van der Waals surface area contributed by atoms with Gasteiger partial charge >= 0.3 is 0 Å². The number of nitrogens with two attached hydrogens (primary N) is 1. The van der Waals surface area contributed by atoms with Gasteiger partial charge in [0.1, 0.15) is 16.4 Å². The number of carbonyl (C=O) groups is 1. The molecule has 7 nitrogen and oxygen atoms in total. The van der Waals surface area contributed by atoms with E-state index in [0.717, 1.165) is 17.7 Å². The third-order valence-corrected chi connectivity index (χ3v) is 5.05. The van der Waals surface area contributed by atoms with E-state index in [1.807, 2.05) is 6.92 Å². The average molecular weight is 364 g/mol. The number of sulfonamides is 1. The average Bonchev–Trinajstić information content (AvgIpc) is 2.59. The van der Waals surface area contributed by atoms with Crippen molar-refractivity contribution in [1.82, 2.24) is 4.72 Å². The first-order valence-electron chi connectivity index (χ1n) is 7.52. The van der Waals surface area contributed by atoms with Gasteiger partial charge in [0.05, 0.1) is 12.7 Å². The summed E-state index contributed by atoms with van der Waals surface area (Å²) < 4.78 is 32.1. The van der Waals surface area contributed by atoms with E-state index < -0.39 is 15.8 Å². The molecule has 25 heavy (non-hydrogen) atoms. The standard InChI is InChI=1S/C17H20N2O5S/c1-11-3-5-12(6-4-11)17(21)13-9-16(15(24-2)10-14(13)20)25(22,23)19-8-7-18/h3-6,9-10,19-20H,7-8,18H2,1-2H3. The highest BCUT2D eigenvalue weighted by Crippen LogP contribution is 2.32. The molecule has 2 rings (SSSR count). The number of methoxy groups -OCH3 is 1. The minimum atomic E-state index is -3.95. The molecule has 8 heteroatoms. The Hall–Kier alpha value is -2.42. The van der Waals surface area contributed by atoms with Crippen LogP contribution in [-0.4, -0.2) is 39.5 Å². The second-order valence-electron chi connectivity index (χ2n) is 5.40. The molecule has 0 fully saturated rings. The first kappa shape index (κ1) is 18.9. The van der Waals surface area contributed by atoms with E-state index in [9.17, 15) is 18.3 Å². The van der Waals surface area contributed by atoms with E-state index >= 15 is 0 Å². The van der Waals surface area contributed by atoms with Crippen LogP contribution in [0.4, 0.5) is 0 Å². The second-order valence-corrected chi connectivity index (χ2v) is 7.14. The van der Waals surface area contributed by atoms with Crippen LogP contribution in [0.25, 0.3) is 0 Å². The minimum absolute atomic E-state index is 0.0353.